The second-order valence-electron chi connectivity index (χ2n) is 15.0. The van der Waals surface area contributed by atoms with E-state index in [1.165, 1.54) is 48.4 Å². The minimum Gasteiger partial charge on any atom is -0.378 e. The molecule has 18 heteroatoms. The number of H-pyrrole nitrogens is 2. The molecule has 2 saturated heterocycles. The summed E-state index contributed by atoms with van der Waals surface area (Å²) in [7, 11) is 2.90. The van der Waals surface area contributed by atoms with Crippen LogP contribution in [-0.2, 0) is 9.59 Å². The van der Waals surface area contributed by atoms with Crippen LogP contribution in [0.1, 0.15) is 63.5 Å². The van der Waals surface area contributed by atoms with Gasteiger partial charge in [0.1, 0.15) is 11.6 Å². The van der Waals surface area contributed by atoms with Gasteiger partial charge in [-0.15, -0.1) is 0 Å². The van der Waals surface area contributed by atoms with Gasteiger partial charge < -0.3 is 45.3 Å². The van der Waals surface area contributed by atoms with Crippen LogP contribution in [0.4, 0.5) is 8.78 Å². The Hall–Kier alpha value is -7.73. The predicted molar refractivity (Wildman–Crippen MR) is 230 cm³/mol. The van der Waals surface area contributed by atoms with E-state index in [9.17, 15) is 47.4 Å². The number of carbonyl (C=O) groups excluding carboxylic acids is 7. The standard InChI is InChI=1S/C23H23FN4O4.C23H21FN4O4/c2*1-25-21(30)15-7-8-17(24)18-16(13-26-19(15)18)20(29)23(32)28-11-9-27(10-12-28)22(31)14-5-3-2-4-6-14/h2-8,13,20,26,29H,9-12H2,1H3,(H,25,30);2-8,13,26H,9-12H2,1H3,(H,25,30). The van der Waals surface area contributed by atoms with E-state index in [1.807, 2.05) is 12.1 Å². The average Bonchev–Trinajstić information content (AvgIpc) is 4.01. The summed E-state index contributed by atoms with van der Waals surface area (Å²) >= 11 is 0. The van der Waals surface area contributed by atoms with Crippen LogP contribution in [0.15, 0.2) is 97.3 Å². The van der Waals surface area contributed by atoms with Crippen molar-refractivity contribution >= 4 is 63.0 Å². The number of benzene rings is 4. The van der Waals surface area contributed by atoms with E-state index in [1.54, 1.807) is 58.3 Å². The van der Waals surface area contributed by atoms with E-state index in [2.05, 4.69) is 20.6 Å². The van der Waals surface area contributed by atoms with Gasteiger partial charge in [-0.1, -0.05) is 36.4 Å². The highest BCUT2D eigenvalue weighted by atomic mass is 19.1. The van der Waals surface area contributed by atoms with Crippen molar-refractivity contribution in [1.82, 2.24) is 40.2 Å². The van der Waals surface area contributed by atoms with Gasteiger partial charge in [-0.3, -0.25) is 33.6 Å². The van der Waals surface area contributed by atoms with Crippen LogP contribution in [0.2, 0.25) is 0 Å². The molecule has 4 heterocycles. The molecule has 64 heavy (non-hydrogen) atoms. The Labute approximate surface area is 364 Å². The SMILES string of the molecule is CNC(=O)c1ccc(F)c2c(C(=O)C(=O)N3CCN(C(=O)c4ccccc4)CC3)c[nH]c12.CNC(=O)c1ccc(F)c2c(C(O)C(=O)N3CCN(C(=O)c4ccccc4)CC3)c[nH]c12. The lowest BCUT2D eigenvalue weighted by molar-refractivity contribution is -0.142. The number of hydrogen-bond donors (Lipinski definition) is 5. The van der Waals surface area contributed by atoms with Gasteiger partial charge in [0.15, 0.2) is 6.10 Å². The monoisotopic (exact) mass is 874 g/mol. The Morgan fingerprint density at radius 1 is 0.547 bits per heavy atom. The first kappa shape index (κ1) is 44.3. The average molecular weight is 875 g/mol. The first-order valence-corrected chi connectivity index (χ1v) is 20.4. The fourth-order valence-corrected chi connectivity index (χ4v) is 7.81. The molecule has 1 unspecified atom stereocenters. The third kappa shape index (κ3) is 8.80. The molecule has 5 N–H and O–H groups in total. The molecule has 16 nitrogen and oxygen atoms in total. The highest BCUT2D eigenvalue weighted by molar-refractivity contribution is 6.45. The number of aliphatic hydroxyl groups is 1. The first-order valence-electron chi connectivity index (χ1n) is 20.4. The molecule has 6 amide bonds. The number of aliphatic hydroxyl groups excluding tert-OH is 1. The second kappa shape index (κ2) is 19.1. The van der Waals surface area contributed by atoms with Gasteiger partial charge in [0.25, 0.3) is 41.2 Å². The quantitative estimate of drug-likeness (QED) is 0.113. The summed E-state index contributed by atoms with van der Waals surface area (Å²) in [6, 6.07) is 22.6. The number of fused-ring (bicyclic) bond motifs is 2. The van der Waals surface area contributed by atoms with Crippen molar-refractivity contribution in [3.8, 4) is 0 Å². The van der Waals surface area contributed by atoms with Crippen molar-refractivity contribution in [2.45, 2.75) is 6.10 Å². The number of aromatic amines is 2. The second-order valence-corrected chi connectivity index (χ2v) is 15.0. The van der Waals surface area contributed by atoms with Crippen molar-refractivity contribution in [2.75, 3.05) is 66.5 Å². The number of amides is 6. The van der Waals surface area contributed by atoms with Gasteiger partial charge in [-0.05, 0) is 48.5 Å². The zero-order valence-corrected chi connectivity index (χ0v) is 34.8. The summed E-state index contributed by atoms with van der Waals surface area (Å²) in [5, 5.41) is 15.6. The fourth-order valence-electron chi connectivity index (χ4n) is 7.81. The molecule has 6 aromatic rings. The first-order chi connectivity index (χ1) is 30.8. The summed E-state index contributed by atoms with van der Waals surface area (Å²) in [6.45, 7) is 2.12. The number of hydrogen-bond acceptors (Lipinski definition) is 8. The van der Waals surface area contributed by atoms with Crippen LogP contribution in [-0.4, -0.2) is 142 Å². The number of nitrogens with one attached hydrogen (secondary N) is 4. The maximum absolute atomic E-state index is 14.6. The van der Waals surface area contributed by atoms with Crippen LogP contribution in [0.3, 0.4) is 0 Å². The maximum Gasteiger partial charge on any atom is 0.295 e. The molecule has 330 valence electrons. The van der Waals surface area contributed by atoms with Crippen LogP contribution in [0, 0.1) is 11.6 Å². The smallest absolute Gasteiger partial charge is 0.295 e. The molecule has 0 radical (unpaired) electrons. The van der Waals surface area contributed by atoms with Crippen molar-refractivity contribution in [3.05, 3.63) is 142 Å². The van der Waals surface area contributed by atoms with E-state index in [0.29, 0.717) is 24.2 Å². The summed E-state index contributed by atoms with van der Waals surface area (Å²) < 4.78 is 29.1. The molecule has 0 aliphatic carbocycles. The molecule has 4 aromatic carbocycles. The summed E-state index contributed by atoms with van der Waals surface area (Å²) in [6.07, 6.45) is 0.989. The lowest BCUT2D eigenvalue weighted by atomic mass is 10.0. The van der Waals surface area contributed by atoms with E-state index >= 15 is 0 Å². The number of piperazine rings is 2. The number of carbonyl (C=O) groups is 7. The van der Waals surface area contributed by atoms with Crippen LogP contribution in [0.5, 0.6) is 0 Å². The van der Waals surface area contributed by atoms with Crippen molar-refractivity contribution in [1.29, 1.82) is 0 Å². The summed E-state index contributed by atoms with van der Waals surface area (Å²) in [5.74, 6) is -4.68. The van der Waals surface area contributed by atoms with Gasteiger partial charge in [-0.2, -0.15) is 0 Å². The third-order valence-electron chi connectivity index (χ3n) is 11.3. The van der Waals surface area contributed by atoms with Crippen molar-refractivity contribution in [2.24, 2.45) is 0 Å². The highest BCUT2D eigenvalue weighted by Crippen LogP contribution is 2.31. The Kier molecular flexibility index (Phi) is 13.2. The van der Waals surface area contributed by atoms with Gasteiger partial charge >= 0.3 is 0 Å². The lowest BCUT2D eigenvalue weighted by Gasteiger charge is -2.35. The van der Waals surface area contributed by atoms with Gasteiger partial charge in [-0.25, -0.2) is 8.78 Å². The van der Waals surface area contributed by atoms with Crippen molar-refractivity contribution < 1.29 is 47.4 Å². The number of rotatable bonds is 8. The van der Waals surface area contributed by atoms with Gasteiger partial charge in [0.2, 0.25) is 0 Å². The highest BCUT2D eigenvalue weighted by Gasteiger charge is 2.33. The minimum absolute atomic E-state index is 0.00448. The van der Waals surface area contributed by atoms with Crippen LogP contribution in [0.25, 0.3) is 21.8 Å². The summed E-state index contributed by atoms with van der Waals surface area (Å²) in [4.78, 5) is 99.6. The molecule has 2 fully saturated rings. The molecule has 2 aromatic heterocycles. The molecule has 0 bridgehead atoms. The molecule has 0 saturated carbocycles. The Morgan fingerprint density at radius 2 is 0.969 bits per heavy atom. The van der Waals surface area contributed by atoms with Crippen LogP contribution >= 0.6 is 0 Å². The maximum atomic E-state index is 14.6. The van der Waals surface area contributed by atoms with E-state index in [0.717, 1.165) is 12.1 Å². The zero-order chi connectivity index (χ0) is 45.7. The minimum atomic E-state index is -1.60. The molecule has 1 atom stereocenters. The lowest BCUT2D eigenvalue weighted by Crippen LogP contribution is -2.52. The van der Waals surface area contributed by atoms with E-state index in [4.69, 9.17) is 0 Å². The number of ketones is 1. The molecule has 2 aliphatic heterocycles. The predicted octanol–water partition coefficient (Wildman–Crippen LogP) is 3.52. The Balaban J connectivity index is 0.000000191. The van der Waals surface area contributed by atoms with Gasteiger partial charge in [0, 0.05) is 106 Å². The normalized spacial score (nSPS) is 14.4. The number of nitrogens with zero attached hydrogens (tertiary/aromatic N) is 4. The number of aromatic nitrogens is 2. The summed E-state index contributed by atoms with van der Waals surface area (Å²) in [5.41, 5.74) is 1.82. The third-order valence-corrected chi connectivity index (χ3v) is 11.3. The van der Waals surface area contributed by atoms with Crippen molar-refractivity contribution in [3.63, 3.8) is 0 Å². The largest absolute Gasteiger partial charge is 0.378 e. The van der Waals surface area contributed by atoms with E-state index < -0.39 is 47.2 Å². The molecule has 8 rings (SSSR count). The molecule has 2 aliphatic rings. The topological polar surface area (TPSA) is 208 Å². The fraction of sp³-hybridized carbons (Fsp3) is 0.239. The molecular weight excluding hydrogens is 831 g/mol. The van der Waals surface area contributed by atoms with Gasteiger partial charge in [0.05, 0.1) is 27.7 Å². The number of Topliss-reactive ketones (excluding diaryl/α,β-unsaturated/α-hetero) is 1. The zero-order valence-electron chi connectivity index (χ0n) is 34.8. The van der Waals surface area contributed by atoms with Crippen LogP contribution < -0.4 is 10.6 Å². The molecule has 0 spiro atoms. The Bertz CT molecular complexity index is 2760. The Morgan fingerprint density at radius 3 is 1.45 bits per heavy atom. The van der Waals surface area contributed by atoms with E-state index in [-0.39, 0.29) is 95.1 Å². The molecular formula is C46H44F2N8O8. The number of halogens is 2.